The fourth-order valence-electron chi connectivity index (χ4n) is 5.34. The van der Waals surface area contributed by atoms with Gasteiger partial charge in [0.25, 0.3) is 0 Å². The second-order valence-corrected chi connectivity index (χ2v) is 10.6. The van der Waals surface area contributed by atoms with Crippen LogP contribution >= 0.6 is 0 Å². The second-order valence-electron chi connectivity index (χ2n) is 10.6. The molecule has 0 saturated carbocycles. The number of likely N-dealkylation sites (tertiary alicyclic amines) is 1. The molecule has 11 heteroatoms. The number of nitriles is 1. The maximum atomic E-state index is 14.5. The lowest BCUT2D eigenvalue weighted by molar-refractivity contribution is -0.121. The Morgan fingerprint density at radius 3 is 2.55 bits per heavy atom. The minimum absolute atomic E-state index is 0.0262. The number of amides is 1. The number of aliphatic imine (C=N–C) groups is 2. The van der Waals surface area contributed by atoms with E-state index < -0.39 is 12.3 Å². The lowest BCUT2D eigenvalue weighted by Gasteiger charge is -2.43. The molecule has 3 aliphatic rings. The van der Waals surface area contributed by atoms with Crippen molar-refractivity contribution in [3.05, 3.63) is 66.4 Å². The standard InChI is InChI=1S/C31H36FN7O3/c1-3-34-31(23-4-9-29(24(16-23)17-33)42-30-10-11-37(21-40)18-28(30)32)36-22(2)35-25-5-7-26(8-6-25)38-12-14-39(15-13-38)27-19-41-20-27/h3-9,16,21,27-28,30H,1,10-15,18-20H2,2H3,(H,34,35,36)/t28?,30-/m0/s1. The number of nitrogens with zero attached hydrogens (tertiary/aromatic N) is 6. The quantitative estimate of drug-likeness (QED) is 0.293. The summed E-state index contributed by atoms with van der Waals surface area (Å²) in [5.41, 5.74) is 2.92. The van der Waals surface area contributed by atoms with Gasteiger partial charge in [-0.3, -0.25) is 9.69 Å². The summed E-state index contributed by atoms with van der Waals surface area (Å²) in [6.45, 7) is 11.7. The minimum atomic E-state index is -1.34. The predicted molar refractivity (Wildman–Crippen MR) is 161 cm³/mol. The third-order valence-corrected chi connectivity index (χ3v) is 7.79. The second kappa shape index (κ2) is 13.6. The number of piperidine rings is 1. The average molecular weight is 574 g/mol. The van der Waals surface area contributed by atoms with Crippen molar-refractivity contribution in [2.45, 2.75) is 31.7 Å². The number of hydrogen-bond donors (Lipinski definition) is 1. The van der Waals surface area contributed by atoms with Crippen molar-refractivity contribution < 1.29 is 18.7 Å². The van der Waals surface area contributed by atoms with Crippen molar-refractivity contribution in [1.29, 1.82) is 5.26 Å². The summed E-state index contributed by atoms with van der Waals surface area (Å²) in [4.78, 5) is 26.2. The number of hydrogen-bond acceptors (Lipinski definition) is 7. The van der Waals surface area contributed by atoms with Crippen LogP contribution in [0.4, 0.5) is 15.8 Å². The normalized spacial score (nSPS) is 22.2. The van der Waals surface area contributed by atoms with Gasteiger partial charge in [-0.1, -0.05) is 6.58 Å². The summed E-state index contributed by atoms with van der Waals surface area (Å²) >= 11 is 0. The number of rotatable bonds is 8. The summed E-state index contributed by atoms with van der Waals surface area (Å²) in [6.07, 6.45) is 0.310. The van der Waals surface area contributed by atoms with Gasteiger partial charge in [-0.2, -0.15) is 5.26 Å². The number of anilines is 2. The monoisotopic (exact) mass is 573 g/mol. The molecule has 3 heterocycles. The first-order chi connectivity index (χ1) is 20.5. The van der Waals surface area contributed by atoms with E-state index in [0.717, 1.165) is 45.1 Å². The molecule has 1 N–H and O–H groups in total. The van der Waals surface area contributed by atoms with Crippen molar-refractivity contribution in [3.8, 4) is 11.8 Å². The number of halogens is 1. The molecule has 2 aromatic carbocycles. The van der Waals surface area contributed by atoms with E-state index in [0.29, 0.717) is 42.7 Å². The highest BCUT2D eigenvalue weighted by molar-refractivity contribution is 6.09. The highest BCUT2D eigenvalue weighted by atomic mass is 19.1. The maximum absolute atomic E-state index is 14.5. The Hall–Kier alpha value is -4.27. The molecule has 3 fully saturated rings. The number of amidine groups is 2. The van der Waals surface area contributed by atoms with E-state index in [1.807, 2.05) is 19.1 Å². The lowest BCUT2D eigenvalue weighted by Crippen LogP contribution is -2.56. The van der Waals surface area contributed by atoms with Gasteiger partial charge in [0.1, 0.15) is 23.8 Å². The molecule has 1 unspecified atom stereocenters. The topological polar surface area (TPSA) is 106 Å². The minimum Gasteiger partial charge on any atom is -0.486 e. The third kappa shape index (κ3) is 6.95. The van der Waals surface area contributed by atoms with Crippen LogP contribution in [0.25, 0.3) is 0 Å². The van der Waals surface area contributed by atoms with E-state index in [-0.39, 0.29) is 17.9 Å². The van der Waals surface area contributed by atoms with Crippen LogP contribution in [0.5, 0.6) is 5.75 Å². The van der Waals surface area contributed by atoms with E-state index >= 15 is 0 Å². The number of alkyl halides is 1. The molecule has 0 aliphatic carbocycles. The van der Waals surface area contributed by atoms with Crippen molar-refractivity contribution in [1.82, 2.24) is 9.80 Å². The maximum Gasteiger partial charge on any atom is 0.209 e. The Balaban J connectivity index is 1.22. The molecule has 10 nitrogen and oxygen atoms in total. The number of benzene rings is 2. The summed E-state index contributed by atoms with van der Waals surface area (Å²) in [5.74, 6) is 1.26. The Kier molecular flexibility index (Phi) is 9.46. The smallest absolute Gasteiger partial charge is 0.209 e. The van der Waals surface area contributed by atoms with E-state index in [4.69, 9.17) is 9.47 Å². The van der Waals surface area contributed by atoms with Crippen LogP contribution in [-0.2, 0) is 9.53 Å². The first-order valence-electron chi connectivity index (χ1n) is 14.2. The summed E-state index contributed by atoms with van der Waals surface area (Å²) in [6, 6.07) is 16.0. The Morgan fingerprint density at radius 2 is 1.93 bits per heavy atom. The molecule has 0 aromatic heterocycles. The van der Waals surface area contributed by atoms with Gasteiger partial charge in [-0.25, -0.2) is 14.4 Å². The Bertz CT molecular complexity index is 1360. The van der Waals surface area contributed by atoms with Crippen LogP contribution in [0.2, 0.25) is 0 Å². The van der Waals surface area contributed by atoms with E-state index in [2.05, 4.69) is 49.9 Å². The fourth-order valence-corrected chi connectivity index (χ4v) is 5.34. The highest BCUT2D eigenvalue weighted by Crippen LogP contribution is 2.26. The number of ether oxygens (including phenoxy) is 2. The third-order valence-electron chi connectivity index (χ3n) is 7.79. The molecular weight excluding hydrogens is 537 g/mol. The number of carbonyl (C=O) groups is 1. The zero-order valence-electron chi connectivity index (χ0n) is 23.8. The summed E-state index contributed by atoms with van der Waals surface area (Å²) < 4.78 is 25.7. The molecule has 1 amide bonds. The van der Waals surface area contributed by atoms with Gasteiger partial charge in [0, 0.05) is 62.3 Å². The molecular formula is C31H36FN7O3. The van der Waals surface area contributed by atoms with Gasteiger partial charge in [-0.05, 0) is 49.4 Å². The number of nitrogens with one attached hydrogen (secondary N) is 1. The first-order valence-corrected chi connectivity index (χ1v) is 14.2. The van der Waals surface area contributed by atoms with Gasteiger partial charge in [0.15, 0.2) is 12.0 Å². The molecule has 3 aliphatic heterocycles. The predicted octanol–water partition coefficient (Wildman–Crippen LogP) is 3.45. The molecule has 3 saturated heterocycles. The number of piperazine rings is 1. The molecule has 0 bridgehead atoms. The van der Waals surface area contributed by atoms with Crippen LogP contribution in [0.3, 0.4) is 0 Å². The van der Waals surface area contributed by atoms with Crippen LogP contribution in [0.15, 0.2) is 65.2 Å². The molecule has 2 atom stereocenters. The number of carbonyl (C=O) groups excluding carboxylic acids is 1. The summed E-state index contributed by atoms with van der Waals surface area (Å²) in [7, 11) is 0. The highest BCUT2D eigenvalue weighted by Gasteiger charge is 2.31. The van der Waals surface area contributed by atoms with Crippen molar-refractivity contribution in [3.63, 3.8) is 0 Å². The van der Waals surface area contributed by atoms with E-state index in [1.54, 1.807) is 18.2 Å². The van der Waals surface area contributed by atoms with Crippen molar-refractivity contribution >= 4 is 29.5 Å². The molecule has 5 rings (SSSR count). The average Bonchev–Trinajstić information content (AvgIpc) is 2.98. The summed E-state index contributed by atoms with van der Waals surface area (Å²) in [5, 5.41) is 13.1. The largest absolute Gasteiger partial charge is 0.486 e. The van der Waals surface area contributed by atoms with E-state index in [9.17, 15) is 14.4 Å². The van der Waals surface area contributed by atoms with Crippen LogP contribution in [-0.4, -0.2) is 98.7 Å². The molecule has 0 radical (unpaired) electrons. The van der Waals surface area contributed by atoms with Crippen LogP contribution < -0.4 is 15.0 Å². The van der Waals surface area contributed by atoms with E-state index in [1.165, 1.54) is 16.8 Å². The van der Waals surface area contributed by atoms with Crippen LogP contribution in [0.1, 0.15) is 24.5 Å². The first kappa shape index (κ1) is 29.2. The fraction of sp³-hybridized carbons (Fsp3) is 0.419. The zero-order chi connectivity index (χ0) is 29.5. The zero-order valence-corrected chi connectivity index (χ0v) is 23.8. The van der Waals surface area contributed by atoms with Crippen molar-refractivity contribution in [2.75, 3.05) is 62.7 Å². The molecule has 0 spiro atoms. The SMILES string of the molecule is C=CN=C(N=C(C)Nc1ccc(N2CCN(C3COC3)CC2)cc1)c1ccc(O[C@H]2CCN(C=O)CC2F)c(C#N)c1. The van der Waals surface area contributed by atoms with Gasteiger partial charge in [0.05, 0.1) is 31.4 Å². The van der Waals surface area contributed by atoms with Gasteiger partial charge in [0.2, 0.25) is 6.41 Å². The van der Waals surface area contributed by atoms with Crippen LogP contribution in [0, 0.1) is 11.3 Å². The van der Waals surface area contributed by atoms with Gasteiger partial charge in [-0.15, -0.1) is 0 Å². The Labute approximate surface area is 245 Å². The lowest BCUT2D eigenvalue weighted by atomic mass is 10.1. The molecule has 2 aromatic rings. The molecule has 220 valence electrons. The Morgan fingerprint density at radius 1 is 1.17 bits per heavy atom. The molecule has 42 heavy (non-hydrogen) atoms. The van der Waals surface area contributed by atoms with Gasteiger partial charge >= 0.3 is 0 Å². The van der Waals surface area contributed by atoms with Gasteiger partial charge < -0.3 is 24.6 Å². The van der Waals surface area contributed by atoms with Crippen molar-refractivity contribution in [2.24, 2.45) is 9.98 Å².